The average Bonchev–Trinajstić information content (AvgIpc) is 1.97. The SMILES string of the molecule is N#CCc1c(F)cncc1I. The van der Waals surface area contributed by atoms with Crippen molar-refractivity contribution < 1.29 is 4.39 Å². The number of halogens is 2. The first-order chi connectivity index (χ1) is 5.25. The molecule has 4 heteroatoms. The minimum absolute atomic E-state index is 0.104. The number of nitriles is 1. The lowest BCUT2D eigenvalue weighted by atomic mass is 10.2. The normalized spacial score (nSPS) is 9.18. The van der Waals surface area contributed by atoms with Gasteiger partial charge in [0, 0.05) is 15.3 Å². The van der Waals surface area contributed by atoms with E-state index in [0.29, 0.717) is 9.13 Å². The molecule has 0 saturated heterocycles. The van der Waals surface area contributed by atoms with Crippen LogP contribution < -0.4 is 0 Å². The summed E-state index contributed by atoms with van der Waals surface area (Å²) in [6.07, 6.45) is 2.76. The van der Waals surface area contributed by atoms with Crippen molar-refractivity contribution >= 4 is 22.6 Å². The van der Waals surface area contributed by atoms with Crippen LogP contribution in [-0.2, 0) is 6.42 Å². The van der Waals surface area contributed by atoms with Crippen molar-refractivity contribution in [3.8, 4) is 6.07 Å². The van der Waals surface area contributed by atoms with Gasteiger partial charge in [0.2, 0.25) is 0 Å². The van der Waals surface area contributed by atoms with Gasteiger partial charge in [-0.05, 0) is 22.6 Å². The van der Waals surface area contributed by atoms with Gasteiger partial charge in [0.1, 0.15) is 5.82 Å². The molecule has 11 heavy (non-hydrogen) atoms. The zero-order valence-electron chi connectivity index (χ0n) is 5.51. The van der Waals surface area contributed by atoms with Gasteiger partial charge in [-0.25, -0.2) is 4.39 Å². The summed E-state index contributed by atoms with van der Waals surface area (Å²) in [6.45, 7) is 0. The van der Waals surface area contributed by atoms with Crippen molar-refractivity contribution in [2.75, 3.05) is 0 Å². The highest BCUT2D eigenvalue weighted by molar-refractivity contribution is 14.1. The van der Waals surface area contributed by atoms with Crippen LogP contribution in [0.25, 0.3) is 0 Å². The Balaban J connectivity index is 3.12. The van der Waals surface area contributed by atoms with Crippen LogP contribution in [-0.4, -0.2) is 4.98 Å². The molecule has 2 nitrogen and oxygen atoms in total. The van der Waals surface area contributed by atoms with Gasteiger partial charge in [-0.3, -0.25) is 4.98 Å². The lowest BCUT2D eigenvalue weighted by Crippen LogP contribution is -1.93. The number of aromatic nitrogens is 1. The van der Waals surface area contributed by atoms with Crippen LogP contribution in [0.4, 0.5) is 4.39 Å². The molecule has 0 radical (unpaired) electrons. The molecule has 0 bridgehead atoms. The van der Waals surface area contributed by atoms with Gasteiger partial charge in [0.15, 0.2) is 0 Å². The maximum Gasteiger partial charge on any atom is 0.146 e. The van der Waals surface area contributed by atoms with Crippen molar-refractivity contribution in [1.29, 1.82) is 5.26 Å². The van der Waals surface area contributed by atoms with Crippen LogP contribution >= 0.6 is 22.6 Å². The summed E-state index contributed by atoms with van der Waals surface area (Å²) >= 11 is 1.96. The molecule has 1 aromatic rings. The highest BCUT2D eigenvalue weighted by atomic mass is 127. The number of hydrogen-bond donors (Lipinski definition) is 0. The highest BCUT2D eigenvalue weighted by Crippen LogP contribution is 2.13. The second kappa shape index (κ2) is 3.62. The third kappa shape index (κ3) is 1.87. The topological polar surface area (TPSA) is 36.7 Å². The Morgan fingerprint density at radius 2 is 2.36 bits per heavy atom. The summed E-state index contributed by atoms with van der Waals surface area (Å²) in [5.41, 5.74) is 0.433. The van der Waals surface area contributed by atoms with Gasteiger partial charge in [-0.2, -0.15) is 5.26 Å². The minimum Gasteiger partial charge on any atom is -0.261 e. The molecule has 1 aromatic heterocycles. The first kappa shape index (κ1) is 8.40. The molecule has 1 heterocycles. The second-order valence-electron chi connectivity index (χ2n) is 1.92. The molecular formula is C7H4FIN2. The summed E-state index contributed by atoms with van der Waals surface area (Å²) in [6, 6.07) is 1.89. The third-order valence-electron chi connectivity index (χ3n) is 1.21. The maximum atomic E-state index is 12.8. The van der Waals surface area contributed by atoms with E-state index in [1.807, 2.05) is 28.7 Å². The fourth-order valence-electron chi connectivity index (χ4n) is 0.686. The van der Waals surface area contributed by atoms with Crippen molar-refractivity contribution in [1.82, 2.24) is 4.98 Å². The van der Waals surface area contributed by atoms with Crippen molar-refractivity contribution in [3.05, 3.63) is 27.3 Å². The van der Waals surface area contributed by atoms with Crippen LogP contribution in [0.1, 0.15) is 5.56 Å². The molecule has 56 valence electrons. The Bertz CT molecular complexity index is 286. The number of nitrogens with zero attached hydrogens (tertiary/aromatic N) is 2. The molecular weight excluding hydrogens is 258 g/mol. The zero-order chi connectivity index (χ0) is 8.27. The monoisotopic (exact) mass is 262 g/mol. The summed E-state index contributed by atoms with van der Waals surface area (Å²) < 4.78 is 13.5. The lowest BCUT2D eigenvalue weighted by molar-refractivity contribution is 0.607. The van der Waals surface area contributed by atoms with Crippen LogP contribution in [0.2, 0.25) is 0 Å². The van der Waals surface area contributed by atoms with E-state index in [1.54, 1.807) is 0 Å². The first-order valence-electron chi connectivity index (χ1n) is 2.90. The van der Waals surface area contributed by atoms with Gasteiger partial charge in [-0.15, -0.1) is 0 Å². The number of pyridine rings is 1. The smallest absolute Gasteiger partial charge is 0.146 e. The van der Waals surface area contributed by atoms with Crippen molar-refractivity contribution in [2.45, 2.75) is 6.42 Å². The van der Waals surface area contributed by atoms with E-state index in [1.165, 1.54) is 6.20 Å². The van der Waals surface area contributed by atoms with Gasteiger partial charge >= 0.3 is 0 Å². The van der Waals surface area contributed by atoms with E-state index in [2.05, 4.69) is 4.98 Å². The molecule has 0 spiro atoms. The zero-order valence-corrected chi connectivity index (χ0v) is 7.67. The summed E-state index contributed by atoms with van der Waals surface area (Å²) in [7, 11) is 0. The van der Waals surface area contributed by atoms with Gasteiger partial charge in [0.05, 0.1) is 18.7 Å². The Hall–Kier alpha value is -0.700. The summed E-state index contributed by atoms with van der Waals surface area (Å²) in [4.78, 5) is 3.63. The van der Waals surface area contributed by atoms with Crippen LogP contribution in [0.15, 0.2) is 12.4 Å². The molecule has 0 unspecified atom stereocenters. The molecule has 0 fully saturated rings. The quantitative estimate of drug-likeness (QED) is 0.724. The van der Waals surface area contributed by atoms with Crippen molar-refractivity contribution in [2.24, 2.45) is 0 Å². The van der Waals surface area contributed by atoms with E-state index in [0.717, 1.165) is 6.20 Å². The Labute approximate surface area is 77.2 Å². The first-order valence-corrected chi connectivity index (χ1v) is 3.98. The van der Waals surface area contributed by atoms with Crippen LogP contribution in [0, 0.1) is 20.7 Å². The molecule has 1 rings (SSSR count). The minimum atomic E-state index is -0.404. The molecule has 0 aliphatic rings. The predicted octanol–water partition coefficient (Wildman–Crippen LogP) is 1.89. The number of rotatable bonds is 1. The molecule has 0 saturated carbocycles. The maximum absolute atomic E-state index is 12.8. The van der Waals surface area contributed by atoms with E-state index in [4.69, 9.17) is 5.26 Å². The van der Waals surface area contributed by atoms with Gasteiger partial charge in [-0.1, -0.05) is 0 Å². The predicted molar refractivity (Wildman–Crippen MR) is 46.2 cm³/mol. The van der Waals surface area contributed by atoms with Crippen LogP contribution in [0.5, 0.6) is 0 Å². The van der Waals surface area contributed by atoms with E-state index < -0.39 is 5.82 Å². The Morgan fingerprint density at radius 3 is 2.91 bits per heavy atom. The van der Waals surface area contributed by atoms with Crippen LogP contribution in [0.3, 0.4) is 0 Å². The lowest BCUT2D eigenvalue weighted by Gasteiger charge is -1.98. The van der Waals surface area contributed by atoms with E-state index in [9.17, 15) is 4.39 Å². The van der Waals surface area contributed by atoms with Gasteiger partial charge < -0.3 is 0 Å². The Morgan fingerprint density at radius 1 is 1.64 bits per heavy atom. The molecule has 0 aliphatic heterocycles. The third-order valence-corrected chi connectivity index (χ3v) is 2.14. The van der Waals surface area contributed by atoms with E-state index >= 15 is 0 Å². The highest BCUT2D eigenvalue weighted by Gasteiger charge is 2.05. The largest absolute Gasteiger partial charge is 0.261 e. The standard InChI is InChI=1S/C7H4FIN2/c8-6-3-11-4-7(9)5(6)1-2-10/h3-4H,1H2. The molecule has 0 atom stereocenters. The molecule has 0 aromatic carbocycles. The Kier molecular flexibility index (Phi) is 2.76. The molecule has 0 amide bonds. The van der Waals surface area contributed by atoms with Crippen molar-refractivity contribution in [3.63, 3.8) is 0 Å². The van der Waals surface area contributed by atoms with E-state index in [-0.39, 0.29) is 6.42 Å². The fraction of sp³-hybridized carbons (Fsp3) is 0.143. The molecule has 0 N–H and O–H groups in total. The van der Waals surface area contributed by atoms with Gasteiger partial charge in [0.25, 0.3) is 0 Å². The average molecular weight is 262 g/mol. The number of hydrogen-bond acceptors (Lipinski definition) is 2. The summed E-state index contributed by atoms with van der Waals surface area (Å²) in [5.74, 6) is -0.404. The fourth-order valence-corrected chi connectivity index (χ4v) is 1.30. The molecule has 0 aliphatic carbocycles. The second-order valence-corrected chi connectivity index (χ2v) is 3.08. The summed E-state index contributed by atoms with van der Waals surface area (Å²) in [5, 5.41) is 8.33.